The summed E-state index contributed by atoms with van der Waals surface area (Å²) >= 11 is 9.63. The molecule has 1 heterocycles. The van der Waals surface area contributed by atoms with E-state index in [4.69, 9.17) is 11.6 Å². The van der Waals surface area contributed by atoms with Crippen LogP contribution in [0.25, 0.3) is 0 Å². The Balaban J connectivity index is 0. The SMILES string of the molecule is C.C.ClCC1SCCCS1. The molecule has 0 spiro atoms. The van der Waals surface area contributed by atoms with Crippen molar-refractivity contribution in [3.8, 4) is 0 Å². The number of alkyl halides is 1. The predicted octanol–water partition coefficient (Wildman–Crippen LogP) is 3.69. The highest BCUT2D eigenvalue weighted by atomic mass is 35.5. The first-order valence-corrected chi connectivity index (χ1v) is 5.36. The van der Waals surface area contributed by atoms with Crippen LogP contribution >= 0.6 is 35.1 Å². The number of halogens is 1. The molecule has 0 N–H and O–H groups in total. The number of thioether (sulfide) groups is 2. The summed E-state index contributed by atoms with van der Waals surface area (Å²) in [6.07, 6.45) is 1.36. The Kier molecular flexibility index (Phi) is 11.0. The van der Waals surface area contributed by atoms with Crippen molar-refractivity contribution in [2.75, 3.05) is 17.4 Å². The number of hydrogen-bond acceptors (Lipinski definition) is 2. The van der Waals surface area contributed by atoms with Crippen LogP contribution in [0.2, 0.25) is 0 Å². The van der Waals surface area contributed by atoms with Crippen molar-refractivity contribution in [1.29, 1.82) is 0 Å². The largest absolute Gasteiger partial charge is 0.146 e. The molecular weight excluding hydrogens is 184 g/mol. The quantitative estimate of drug-likeness (QED) is 0.593. The van der Waals surface area contributed by atoms with E-state index in [0.29, 0.717) is 4.58 Å². The van der Waals surface area contributed by atoms with E-state index in [-0.39, 0.29) is 14.9 Å². The van der Waals surface area contributed by atoms with Crippen LogP contribution in [0.1, 0.15) is 21.3 Å². The lowest BCUT2D eigenvalue weighted by Gasteiger charge is -2.17. The highest BCUT2D eigenvalue weighted by Crippen LogP contribution is 2.30. The Labute approximate surface area is 78.5 Å². The molecule has 0 aliphatic carbocycles. The molecule has 1 aliphatic rings. The van der Waals surface area contributed by atoms with Crippen LogP contribution in [0.15, 0.2) is 0 Å². The van der Waals surface area contributed by atoms with Crippen LogP contribution < -0.4 is 0 Å². The van der Waals surface area contributed by atoms with E-state index in [9.17, 15) is 0 Å². The first kappa shape index (κ1) is 13.6. The third-order valence-electron chi connectivity index (χ3n) is 1.02. The molecule has 64 valence electrons. The first-order valence-electron chi connectivity index (χ1n) is 2.72. The van der Waals surface area contributed by atoms with Crippen molar-refractivity contribution in [3.05, 3.63) is 0 Å². The molecule has 0 aromatic heterocycles. The summed E-state index contributed by atoms with van der Waals surface area (Å²) in [5, 5.41) is 0. The summed E-state index contributed by atoms with van der Waals surface area (Å²) in [5.74, 6) is 3.43. The Morgan fingerprint density at radius 1 is 1.20 bits per heavy atom. The van der Waals surface area contributed by atoms with Crippen LogP contribution in [-0.4, -0.2) is 22.0 Å². The molecule has 0 aromatic rings. The maximum Gasteiger partial charge on any atom is 0.0637 e. The van der Waals surface area contributed by atoms with Crippen molar-refractivity contribution in [3.63, 3.8) is 0 Å². The monoisotopic (exact) mass is 200 g/mol. The minimum absolute atomic E-state index is 0. The fourth-order valence-electron chi connectivity index (χ4n) is 0.626. The molecular formula is C7H17ClS2. The van der Waals surface area contributed by atoms with Crippen molar-refractivity contribution in [2.45, 2.75) is 25.9 Å². The van der Waals surface area contributed by atoms with Gasteiger partial charge in [-0.1, -0.05) is 14.9 Å². The van der Waals surface area contributed by atoms with Gasteiger partial charge in [0.05, 0.1) is 4.58 Å². The van der Waals surface area contributed by atoms with Crippen LogP contribution in [0, 0.1) is 0 Å². The van der Waals surface area contributed by atoms with Gasteiger partial charge in [-0.25, -0.2) is 0 Å². The minimum Gasteiger partial charge on any atom is -0.146 e. The van der Waals surface area contributed by atoms with Crippen LogP contribution in [0.5, 0.6) is 0 Å². The second kappa shape index (κ2) is 8.09. The standard InChI is InChI=1S/C5H9ClS2.2CH4/c6-4-5-7-2-1-3-8-5;;/h5H,1-4H2;2*1H4. The molecule has 1 fully saturated rings. The van der Waals surface area contributed by atoms with Gasteiger partial charge in [0.2, 0.25) is 0 Å². The van der Waals surface area contributed by atoms with Crippen molar-refractivity contribution in [2.24, 2.45) is 0 Å². The molecule has 0 saturated carbocycles. The van der Waals surface area contributed by atoms with Crippen LogP contribution in [0.3, 0.4) is 0 Å². The average molecular weight is 201 g/mol. The second-order valence-corrected chi connectivity index (χ2v) is 4.91. The van der Waals surface area contributed by atoms with Gasteiger partial charge in [-0.15, -0.1) is 35.1 Å². The number of rotatable bonds is 1. The summed E-state index contributed by atoms with van der Waals surface area (Å²) in [6, 6.07) is 0. The molecule has 1 saturated heterocycles. The lowest BCUT2D eigenvalue weighted by molar-refractivity contribution is 1.10. The zero-order valence-electron chi connectivity index (χ0n) is 4.60. The van der Waals surface area contributed by atoms with Gasteiger partial charge >= 0.3 is 0 Å². The molecule has 3 heteroatoms. The van der Waals surface area contributed by atoms with E-state index in [2.05, 4.69) is 0 Å². The summed E-state index contributed by atoms with van der Waals surface area (Å²) in [6.45, 7) is 0. The summed E-state index contributed by atoms with van der Waals surface area (Å²) in [5.41, 5.74) is 0. The van der Waals surface area contributed by atoms with Gasteiger partial charge in [-0.3, -0.25) is 0 Å². The van der Waals surface area contributed by atoms with Gasteiger partial charge in [0, 0.05) is 5.88 Å². The average Bonchev–Trinajstić information content (AvgIpc) is 1.90. The maximum absolute atomic E-state index is 5.64. The smallest absolute Gasteiger partial charge is 0.0637 e. The van der Waals surface area contributed by atoms with E-state index >= 15 is 0 Å². The van der Waals surface area contributed by atoms with E-state index < -0.39 is 0 Å². The highest BCUT2D eigenvalue weighted by molar-refractivity contribution is 8.17. The lowest BCUT2D eigenvalue weighted by Crippen LogP contribution is -2.07. The van der Waals surface area contributed by atoms with E-state index in [1.807, 2.05) is 23.5 Å². The third-order valence-corrected chi connectivity index (χ3v) is 4.64. The van der Waals surface area contributed by atoms with Crippen LogP contribution in [0.4, 0.5) is 0 Å². The topological polar surface area (TPSA) is 0 Å². The van der Waals surface area contributed by atoms with Crippen molar-refractivity contribution in [1.82, 2.24) is 0 Å². The van der Waals surface area contributed by atoms with Crippen LogP contribution in [-0.2, 0) is 0 Å². The predicted molar refractivity (Wildman–Crippen MR) is 57.5 cm³/mol. The Morgan fingerprint density at radius 3 is 2.00 bits per heavy atom. The summed E-state index contributed by atoms with van der Waals surface area (Å²) < 4.78 is 0.686. The van der Waals surface area contributed by atoms with Gasteiger partial charge in [0.25, 0.3) is 0 Å². The molecule has 1 rings (SSSR count). The van der Waals surface area contributed by atoms with Gasteiger partial charge in [0.1, 0.15) is 0 Å². The molecule has 0 aromatic carbocycles. The third kappa shape index (κ3) is 4.75. The fourth-order valence-corrected chi connectivity index (χ4v) is 3.63. The second-order valence-electron chi connectivity index (χ2n) is 1.68. The highest BCUT2D eigenvalue weighted by Gasteiger charge is 2.11. The van der Waals surface area contributed by atoms with E-state index in [1.54, 1.807) is 0 Å². The van der Waals surface area contributed by atoms with Crippen molar-refractivity contribution < 1.29 is 0 Å². The van der Waals surface area contributed by atoms with Crippen molar-refractivity contribution >= 4 is 35.1 Å². The Morgan fingerprint density at radius 2 is 1.70 bits per heavy atom. The molecule has 0 unspecified atom stereocenters. The molecule has 1 aliphatic heterocycles. The molecule has 0 amide bonds. The van der Waals surface area contributed by atoms with Gasteiger partial charge in [-0.2, -0.15) is 0 Å². The zero-order valence-corrected chi connectivity index (χ0v) is 6.99. The summed E-state index contributed by atoms with van der Waals surface area (Å²) in [7, 11) is 0. The van der Waals surface area contributed by atoms with E-state index in [0.717, 1.165) is 5.88 Å². The zero-order chi connectivity index (χ0) is 5.82. The van der Waals surface area contributed by atoms with Gasteiger partial charge in [-0.05, 0) is 17.9 Å². The molecule has 0 bridgehead atoms. The Bertz CT molecular complexity index is 62.6. The molecule has 10 heavy (non-hydrogen) atoms. The Hall–Kier alpha value is 0.990. The van der Waals surface area contributed by atoms with Gasteiger partial charge < -0.3 is 0 Å². The minimum atomic E-state index is 0. The molecule has 0 atom stereocenters. The number of hydrogen-bond donors (Lipinski definition) is 0. The summed E-state index contributed by atoms with van der Waals surface area (Å²) in [4.78, 5) is 0. The molecule has 0 radical (unpaired) electrons. The van der Waals surface area contributed by atoms with E-state index in [1.165, 1.54) is 17.9 Å². The normalized spacial score (nSPS) is 18.9. The van der Waals surface area contributed by atoms with Gasteiger partial charge in [0.15, 0.2) is 0 Å². The first-order chi connectivity index (χ1) is 3.93. The maximum atomic E-state index is 5.64. The molecule has 0 nitrogen and oxygen atoms in total. The lowest BCUT2D eigenvalue weighted by atomic mass is 10.6. The fraction of sp³-hybridized carbons (Fsp3) is 1.00.